The molecule has 0 radical (unpaired) electrons. The highest BCUT2D eigenvalue weighted by molar-refractivity contribution is 5.28. The molecule has 1 heterocycles. The molecule has 0 aliphatic heterocycles. The summed E-state index contributed by atoms with van der Waals surface area (Å²) in [4.78, 5) is 4.58. The zero-order chi connectivity index (χ0) is 18.5. The van der Waals surface area contributed by atoms with Crippen LogP contribution in [0.15, 0.2) is 42.6 Å². The number of aryl methyl sites for hydroxylation is 3. The Morgan fingerprint density at radius 2 is 1.42 bits per heavy atom. The predicted octanol–water partition coefficient (Wildman–Crippen LogP) is 6.56. The van der Waals surface area contributed by atoms with Gasteiger partial charge in [0.15, 0.2) is 0 Å². The molecule has 0 N–H and O–H groups in total. The van der Waals surface area contributed by atoms with Gasteiger partial charge in [0.1, 0.15) is 5.75 Å². The minimum atomic E-state index is 0.833. The topological polar surface area (TPSA) is 22.1 Å². The van der Waals surface area contributed by atoms with Crippen molar-refractivity contribution in [2.75, 3.05) is 6.61 Å². The van der Waals surface area contributed by atoms with Gasteiger partial charge in [0.25, 0.3) is 0 Å². The Labute approximate surface area is 160 Å². The van der Waals surface area contributed by atoms with Gasteiger partial charge in [-0.1, -0.05) is 70.6 Å². The van der Waals surface area contributed by atoms with E-state index >= 15 is 0 Å². The number of rotatable bonds is 13. The quantitative estimate of drug-likeness (QED) is 0.380. The van der Waals surface area contributed by atoms with E-state index in [1.165, 1.54) is 55.3 Å². The predicted molar refractivity (Wildman–Crippen MR) is 111 cm³/mol. The van der Waals surface area contributed by atoms with Crippen molar-refractivity contribution >= 4 is 0 Å². The van der Waals surface area contributed by atoms with Crippen LogP contribution < -0.4 is 4.74 Å². The standard InChI is InChI=1S/C24H35NO/c1-3-5-6-7-8-9-19-26-24-17-13-21(14-18-24)11-15-23-16-12-22(10-4-2)20-25-23/h12-14,16-18,20H,3-11,15,19H2,1-2H3. The molecule has 1 aromatic heterocycles. The van der Waals surface area contributed by atoms with Crippen LogP contribution in [0.25, 0.3) is 0 Å². The molecule has 0 spiro atoms. The fourth-order valence-corrected chi connectivity index (χ4v) is 3.14. The molecule has 0 atom stereocenters. The lowest BCUT2D eigenvalue weighted by molar-refractivity contribution is 0.304. The number of ether oxygens (including phenoxy) is 1. The highest BCUT2D eigenvalue weighted by Crippen LogP contribution is 2.15. The average Bonchev–Trinajstić information content (AvgIpc) is 2.68. The molecule has 2 rings (SSSR count). The second-order valence-corrected chi connectivity index (χ2v) is 7.17. The number of pyridine rings is 1. The average molecular weight is 354 g/mol. The summed E-state index contributed by atoms with van der Waals surface area (Å²) < 4.78 is 5.85. The molecule has 26 heavy (non-hydrogen) atoms. The van der Waals surface area contributed by atoms with Gasteiger partial charge < -0.3 is 4.74 Å². The van der Waals surface area contributed by atoms with E-state index in [0.29, 0.717) is 0 Å². The second kappa shape index (κ2) is 12.5. The molecular weight excluding hydrogens is 318 g/mol. The van der Waals surface area contributed by atoms with Gasteiger partial charge in [0.2, 0.25) is 0 Å². The fraction of sp³-hybridized carbons (Fsp3) is 0.542. The lowest BCUT2D eigenvalue weighted by Crippen LogP contribution is -1.98. The van der Waals surface area contributed by atoms with Gasteiger partial charge in [-0.2, -0.15) is 0 Å². The number of benzene rings is 1. The first kappa shape index (κ1) is 20.5. The number of hydrogen-bond donors (Lipinski definition) is 0. The maximum Gasteiger partial charge on any atom is 0.119 e. The summed E-state index contributed by atoms with van der Waals surface area (Å²) >= 11 is 0. The third-order valence-electron chi connectivity index (χ3n) is 4.78. The van der Waals surface area contributed by atoms with E-state index in [4.69, 9.17) is 4.74 Å². The van der Waals surface area contributed by atoms with Crippen LogP contribution in [0.1, 0.15) is 75.6 Å². The summed E-state index contributed by atoms with van der Waals surface area (Å²) in [5.74, 6) is 0.990. The summed E-state index contributed by atoms with van der Waals surface area (Å²) in [6, 6.07) is 13.0. The first-order valence-electron chi connectivity index (χ1n) is 10.5. The Bertz CT molecular complexity index is 589. The summed E-state index contributed by atoms with van der Waals surface area (Å²) in [7, 11) is 0. The van der Waals surface area contributed by atoms with Crippen molar-refractivity contribution in [3.8, 4) is 5.75 Å². The Balaban J connectivity index is 1.65. The zero-order valence-corrected chi connectivity index (χ0v) is 16.7. The molecule has 0 bridgehead atoms. The normalized spacial score (nSPS) is 10.8. The fourth-order valence-electron chi connectivity index (χ4n) is 3.14. The number of nitrogens with zero attached hydrogens (tertiary/aromatic N) is 1. The molecule has 0 aliphatic rings. The number of hydrogen-bond acceptors (Lipinski definition) is 2. The molecular formula is C24H35NO. The molecule has 0 unspecified atom stereocenters. The molecule has 0 fully saturated rings. The third kappa shape index (κ3) is 8.03. The van der Waals surface area contributed by atoms with E-state index in [9.17, 15) is 0 Å². The van der Waals surface area contributed by atoms with Crippen LogP contribution in [-0.2, 0) is 19.3 Å². The summed E-state index contributed by atoms with van der Waals surface area (Å²) in [6.45, 7) is 5.29. The van der Waals surface area contributed by atoms with Crippen LogP contribution in [-0.4, -0.2) is 11.6 Å². The van der Waals surface area contributed by atoms with Crippen molar-refractivity contribution in [3.05, 3.63) is 59.4 Å². The van der Waals surface area contributed by atoms with Crippen molar-refractivity contribution in [2.45, 2.75) is 78.1 Å². The van der Waals surface area contributed by atoms with Crippen LogP contribution in [0, 0.1) is 0 Å². The summed E-state index contributed by atoms with van der Waals surface area (Å²) in [5.41, 5.74) is 3.85. The van der Waals surface area contributed by atoms with Crippen molar-refractivity contribution in [1.82, 2.24) is 4.98 Å². The van der Waals surface area contributed by atoms with Gasteiger partial charge >= 0.3 is 0 Å². The Morgan fingerprint density at radius 1 is 0.692 bits per heavy atom. The molecule has 2 heteroatoms. The van der Waals surface area contributed by atoms with Gasteiger partial charge in [-0.25, -0.2) is 0 Å². The van der Waals surface area contributed by atoms with E-state index in [1.54, 1.807) is 0 Å². The van der Waals surface area contributed by atoms with Gasteiger partial charge in [0, 0.05) is 11.9 Å². The van der Waals surface area contributed by atoms with Crippen molar-refractivity contribution < 1.29 is 4.74 Å². The van der Waals surface area contributed by atoms with Crippen LogP contribution >= 0.6 is 0 Å². The molecule has 0 aliphatic carbocycles. The Hall–Kier alpha value is -1.83. The monoisotopic (exact) mass is 353 g/mol. The summed E-state index contributed by atoms with van der Waals surface area (Å²) in [6.07, 6.45) is 14.1. The van der Waals surface area contributed by atoms with Crippen LogP contribution in [0.4, 0.5) is 0 Å². The Kier molecular flexibility index (Phi) is 9.86. The maximum atomic E-state index is 5.85. The van der Waals surface area contributed by atoms with E-state index in [-0.39, 0.29) is 0 Å². The van der Waals surface area contributed by atoms with Gasteiger partial charge in [-0.3, -0.25) is 4.98 Å². The smallest absolute Gasteiger partial charge is 0.119 e. The molecule has 1 aromatic carbocycles. The lowest BCUT2D eigenvalue weighted by Gasteiger charge is -2.08. The highest BCUT2D eigenvalue weighted by Gasteiger charge is 2.00. The van der Waals surface area contributed by atoms with E-state index < -0.39 is 0 Å². The van der Waals surface area contributed by atoms with Crippen molar-refractivity contribution in [2.24, 2.45) is 0 Å². The minimum absolute atomic E-state index is 0.833. The molecule has 142 valence electrons. The van der Waals surface area contributed by atoms with Crippen LogP contribution in [0.2, 0.25) is 0 Å². The van der Waals surface area contributed by atoms with Gasteiger partial charge in [-0.05, 0) is 55.0 Å². The maximum absolute atomic E-state index is 5.85. The van der Waals surface area contributed by atoms with E-state index in [2.05, 4.69) is 55.2 Å². The second-order valence-electron chi connectivity index (χ2n) is 7.17. The highest BCUT2D eigenvalue weighted by atomic mass is 16.5. The zero-order valence-electron chi connectivity index (χ0n) is 16.7. The minimum Gasteiger partial charge on any atom is -0.494 e. The number of aromatic nitrogens is 1. The van der Waals surface area contributed by atoms with Crippen LogP contribution in [0.3, 0.4) is 0 Å². The van der Waals surface area contributed by atoms with Crippen molar-refractivity contribution in [3.63, 3.8) is 0 Å². The van der Waals surface area contributed by atoms with Gasteiger partial charge in [0.05, 0.1) is 6.61 Å². The number of unbranched alkanes of at least 4 members (excludes halogenated alkanes) is 5. The van der Waals surface area contributed by atoms with E-state index in [0.717, 1.165) is 38.0 Å². The first-order valence-corrected chi connectivity index (χ1v) is 10.5. The molecule has 2 aromatic rings. The van der Waals surface area contributed by atoms with Crippen LogP contribution in [0.5, 0.6) is 5.75 Å². The van der Waals surface area contributed by atoms with Gasteiger partial charge in [-0.15, -0.1) is 0 Å². The third-order valence-corrected chi connectivity index (χ3v) is 4.78. The van der Waals surface area contributed by atoms with E-state index in [1.807, 2.05) is 6.20 Å². The Morgan fingerprint density at radius 3 is 2.12 bits per heavy atom. The molecule has 2 nitrogen and oxygen atoms in total. The first-order chi connectivity index (χ1) is 12.8. The SMILES string of the molecule is CCCCCCCCOc1ccc(CCc2ccc(CCC)cn2)cc1. The molecule has 0 saturated heterocycles. The molecule has 0 amide bonds. The summed E-state index contributed by atoms with van der Waals surface area (Å²) in [5, 5.41) is 0. The lowest BCUT2D eigenvalue weighted by atomic mass is 10.1. The van der Waals surface area contributed by atoms with Crippen molar-refractivity contribution in [1.29, 1.82) is 0 Å². The largest absolute Gasteiger partial charge is 0.494 e. The molecule has 0 saturated carbocycles.